The molecule has 0 unspecified atom stereocenters. The summed E-state index contributed by atoms with van der Waals surface area (Å²) in [5.74, 6) is 0.0714. The van der Waals surface area contributed by atoms with E-state index in [9.17, 15) is 4.79 Å². The van der Waals surface area contributed by atoms with E-state index in [-0.39, 0.29) is 5.91 Å². The fourth-order valence-corrected chi connectivity index (χ4v) is 3.97. The van der Waals surface area contributed by atoms with Crippen LogP contribution in [0.2, 0.25) is 0 Å². The molecule has 2 aliphatic carbocycles. The standard InChI is InChI=1S/C22H22N4O/c27-22(25(17-9-10-17)15-16-11-13-23-14-12-16)21-19-7-4-8-20(19)26(24-21)18-5-2-1-3-6-18/h1-3,5-6,11-14,17H,4,7-10,15H2. The predicted octanol–water partition coefficient (Wildman–Crippen LogP) is 3.56. The van der Waals surface area contributed by atoms with Crippen molar-refractivity contribution in [3.05, 3.63) is 77.4 Å². The largest absolute Gasteiger partial charge is 0.330 e. The molecule has 0 atom stereocenters. The Bertz CT molecular complexity index is 961. The lowest BCUT2D eigenvalue weighted by Crippen LogP contribution is -2.33. The van der Waals surface area contributed by atoms with E-state index in [1.165, 1.54) is 5.69 Å². The highest BCUT2D eigenvalue weighted by Gasteiger charge is 2.36. The molecule has 0 radical (unpaired) electrons. The van der Waals surface area contributed by atoms with Gasteiger partial charge in [-0.15, -0.1) is 0 Å². The van der Waals surface area contributed by atoms with Crippen LogP contribution in [0.4, 0.5) is 0 Å². The highest BCUT2D eigenvalue weighted by Crippen LogP contribution is 2.33. The molecule has 0 aliphatic heterocycles. The number of pyridine rings is 1. The third-order valence-electron chi connectivity index (χ3n) is 5.48. The highest BCUT2D eigenvalue weighted by atomic mass is 16.2. The molecule has 2 aliphatic rings. The quantitative estimate of drug-likeness (QED) is 0.701. The lowest BCUT2D eigenvalue weighted by Gasteiger charge is -2.22. The van der Waals surface area contributed by atoms with E-state index < -0.39 is 0 Å². The minimum absolute atomic E-state index is 0.0714. The number of nitrogens with zero attached hydrogens (tertiary/aromatic N) is 4. The molecule has 1 saturated carbocycles. The first kappa shape index (κ1) is 16.2. The fourth-order valence-electron chi connectivity index (χ4n) is 3.97. The SMILES string of the molecule is O=C(c1nn(-c2ccccc2)c2c1CCC2)N(Cc1ccncc1)C1CC1. The Morgan fingerprint density at radius 2 is 1.85 bits per heavy atom. The molecule has 1 amide bonds. The van der Waals surface area contributed by atoms with Gasteiger partial charge in [0.2, 0.25) is 0 Å². The Morgan fingerprint density at radius 1 is 1.07 bits per heavy atom. The first-order valence-electron chi connectivity index (χ1n) is 9.67. The van der Waals surface area contributed by atoms with Crippen LogP contribution in [0.25, 0.3) is 5.69 Å². The predicted molar refractivity (Wildman–Crippen MR) is 103 cm³/mol. The average molecular weight is 358 g/mol. The second-order valence-corrected chi connectivity index (χ2v) is 7.39. The monoisotopic (exact) mass is 358 g/mol. The number of fused-ring (bicyclic) bond motifs is 1. The third-order valence-corrected chi connectivity index (χ3v) is 5.48. The van der Waals surface area contributed by atoms with Crippen molar-refractivity contribution in [1.29, 1.82) is 0 Å². The molecule has 0 bridgehead atoms. The molecule has 0 N–H and O–H groups in total. The summed E-state index contributed by atoms with van der Waals surface area (Å²) in [6.45, 7) is 0.624. The van der Waals surface area contributed by atoms with E-state index >= 15 is 0 Å². The fraction of sp³-hybridized carbons (Fsp3) is 0.318. The van der Waals surface area contributed by atoms with Crippen LogP contribution in [-0.2, 0) is 19.4 Å². The highest BCUT2D eigenvalue weighted by molar-refractivity contribution is 5.94. The van der Waals surface area contributed by atoms with Crippen molar-refractivity contribution in [2.24, 2.45) is 0 Å². The van der Waals surface area contributed by atoms with E-state index in [1.54, 1.807) is 12.4 Å². The molecule has 136 valence electrons. The van der Waals surface area contributed by atoms with Gasteiger partial charge in [0.25, 0.3) is 5.91 Å². The number of hydrogen-bond acceptors (Lipinski definition) is 3. The summed E-state index contributed by atoms with van der Waals surface area (Å²) < 4.78 is 1.98. The van der Waals surface area contributed by atoms with Crippen LogP contribution in [0, 0.1) is 0 Å². The number of amides is 1. The number of para-hydroxylation sites is 1. The van der Waals surface area contributed by atoms with Gasteiger partial charge < -0.3 is 4.90 Å². The summed E-state index contributed by atoms with van der Waals surface area (Å²) in [4.78, 5) is 19.6. The van der Waals surface area contributed by atoms with Gasteiger partial charge in [-0.2, -0.15) is 5.10 Å². The Labute approximate surface area is 158 Å². The van der Waals surface area contributed by atoms with Crippen LogP contribution >= 0.6 is 0 Å². The Kier molecular flexibility index (Phi) is 4.00. The van der Waals surface area contributed by atoms with Crippen LogP contribution in [0.5, 0.6) is 0 Å². The normalized spacial score (nSPS) is 15.6. The number of aromatic nitrogens is 3. The van der Waals surface area contributed by atoms with Gasteiger partial charge in [0.05, 0.1) is 5.69 Å². The number of rotatable bonds is 5. The number of carbonyl (C=O) groups excluding carboxylic acids is 1. The minimum Gasteiger partial charge on any atom is -0.330 e. The lowest BCUT2D eigenvalue weighted by molar-refractivity contribution is 0.0722. The summed E-state index contributed by atoms with van der Waals surface area (Å²) in [5, 5.41) is 4.79. The maximum absolute atomic E-state index is 13.5. The molecule has 1 aromatic carbocycles. The second kappa shape index (κ2) is 6.65. The number of hydrogen-bond donors (Lipinski definition) is 0. The van der Waals surface area contributed by atoms with E-state index in [0.29, 0.717) is 18.3 Å². The molecule has 5 heteroatoms. The van der Waals surface area contributed by atoms with Gasteiger partial charge in [-0.25, -0.2) is 4.68 Å². The van der Waals surface area contributed by atoms with Gasteiger partial charge in [-0.1, -0.05) is 18.2 Å². The number of benzene rings is 1. The van der Waals surface area contributed by atoms with Crippen molar-refractivity contribution in [2.45, 2.75) is 44.7 Å². The van der Waals surface area contributed by atoms with Crippen molar-refractivity contribution in [1.82, 2.24) is 19.7 Å². The van der Waals surface area contributed by atoms with Crippen molar-refractivity contribution in [3.8, 4) is 5.69 Å². The minimum atomic E-state index is 0.0714. The molecule has 5 nitrogen and oxygen atoms in total. The summed E-state index contributed by atoms with van der Waals surface area (Å²) >= 11 is 0. The van der Waals surface area contributed by atoms with Crippen molar-refractivity contribution in [3.63, 3.8) is 0 Å². The Hall–Kier alpha value is -2.95. The van der Waals surface area contributed by atoms with Crippen LogP contribution in [-0.4, -0.2) is 31.6 Å². The van der Waals surface area contributed by atoms with Gasteiger partial charge in [0, 0.05) is 36.2 Å². The lowest BCUT2D eigenvalue weighted by atomic mass is 10.1. The molecule has 1 fully saturated rings. The molecule has 0 saturated heterocycles. The smallest absolute Gasteiger partial charge is 0.275 e. The zero-order valence-electron chi connectivity index (χ0n) is 15.2. The molecular formula is C22H22N4O. The van der Waals surface area contributed by atoms with Crippen molar-refractivity contribution in [2.75, 3.05) is 0 Å². The molecule has 0 spiro atoms. The second-order valence-electron chi connectivity index (χ2n) is 7.39. The molecule has 5 rings (SSSR count). The van der Waals surface area contributed by atoms with Crippen LogP contribution in [0.3, 0.4) is 0 Å². The van der Waals surface area contributed by atoms with Gasteiger partial charge >= 0.3 is 0 Å². The van der Waals surface area contributed by atoms with Crippen LogP contribution in [0.1, 0.15) is 46.6 Å². The van der Waals surface area contributed by atoms with E-state index in [4.69, 9.17) is 5.10 Å². The maximum atomic E-state index is 13.5. The van der Waals surface area contributed by atoms with E-state index in [2.05, 4.69) is 17.1 Å². The summed E-state index contributed by atoms with van der Waals surface area (Å²) in [6.07, 6.45) is 8.75. The zero-order chi connectivity index (χ0) is 18.2. The van der Waals surface area contributed by atoms with Crippen LogP contribution in [0.15, 0.2) is 54.9 Å². The Morgan fingerprint density at radius 3 is 2.59 bits per heavy atom. The molecule has 27 heavy (non-hydrogen) atoms. The molecule has 3 aromatic rings. The molecular weight excluding hydrogens is 336 g/mol. The number of carbonyl (C=O) groups is 1. The molecule has 2 heterocycles. The summed E-state index contributed by atoms with van der Waals surface area (Å²) in [7, 11) is 0. The average Bonchev–Trinajstić information content (AvgIpc) is 3.33. The zero-order valence-corrected chi connectivity index (χ0v) is 15.2. The van der Waals surface area contributed by atoms with Gasteiger partial charge in [-0.05, 0) is 61.9 Å². The third kappa shape index (κ3) is 3.03. The van der Waals surface area contributed by atoms with E-state index in [0.717, 1.165) is 48.9 Å². The summed E-state index contributed by atoms with van der Waals surface area (Å²) in [6, 6.07) is 14.4. The first-order valence-corrected chi connectivity index (χ1v) is 9.67. The Balaban J connectivity index is 1.51. The van der Waals surface area contributed by atoms with E-state index in [1.807, 2.05) is 39.9 Å². The maximum Gasteiger partial charge on any atom is 0.275 e. The topological polar surface area (TPSA) is 51.0 Å². The van der Waals surface area contributed by atoms with Crippen molar-refractivity contribution < 1.29 is 4.79 Å². The van der Waals surface area contributed by atoms with Crippen LogP contribution < -0.4 is 0 Å². The summed E-state index contributed by atoms with van der Waals surface area (Å²) in [5.41, 5.74) is 5.13. The molecule has 2 aromatic heterocycles. The first-order chi connectivity index (χ1) is 13.3. The van der Waals surface area contributed by atoms with Gasteiger partial charge in [0.15, 0.2) is 5.69 Å². The van der Waals surface area contributed by atoms with Gasteiger partial charge in [-0.3, -0.25) is 9.78 Å². The van der Waals surface area contributed by atoms with Gasteiger partial charge in [0.1, 0.15) is 0 Å². The van der Waals surface area contributed by atoms with Crippen molar-refractivity contribution >= 4 is 5.91 Å².